The average molecular weight is 317 g/mol. The molecular formula is C15H19ClF2N2O. The molecule has 1 aliphatic carbocycles. The van der Waals surface area contributed by atoms with Crippen molar-refractivity contribution in [2.24, 2.45) is 17.6 Å². The zero-order valence-electron chi connectivity index (χ0n) is 11.6. The summed E-state index contributed by atoms with van der Waals surface area (Å²) in [5.41, 5.74) is 6.15. The number of rotatable bonds is 2. The number of nitrogens with zero attached hydrogens (tertiary/aromatic N) is 1. The molecule has 0 radical (unpaired) electrons. The fourth-order valence-corrected chi connectivity index (χ4v) is 3.46. The number of nitrogens with two attached hydrogens (primary N) is 1. The Morgan fingerprint density at radius 2 is 2.05 bits per heavy atom. The Morgan fingerprint density at radius 3 is 2.76 bits per heavy atom. The van der Waals surface area contributed by atoms with Gasteiger partial charge in [0, 0.05) is 24.7 Å². The van der Waals surface area contributed by atoms with Crippen LogP contribution in [0.25, 0.3) is 0 Å². The lowest BCUT2D eigenvalue weighted by atomic mass is 9.98. The highest BCUT2D eigenvalue weighted by Crippen LogP contribution is 2.37. The second kappa shape index (κ2) is 6.28. The molecule has 3 unspecified atom stereocenters. The predicted octanol–water partition coefficient (Wildman–Crippen LogP) is 2.12. The van der Waals surface area contributed by atoms with E-state index in [1.807, 2.05) is 0 Å². The Kier molecular flexibility index (Phi) is 4.84. The van der Waals surface area contributed by atoms with Crippen LogP contribution < -0.4 is 5.73 Å². The number of hydrogen-bond acceptors (Lipinski definition) is 2. The molecule has 0 aromatic heterocycles. The second-order valence-corrected chi connectivity index (χ2v) is 5.88. The number of fused-ring (bicyclic) bond motifs is 1. The average Bonchev–Trinajstić information content (AvgIpc) is 2.97. The summed E-state index contributed by atoms with van der Waals surface area (Å²) < 4.78 is 26.7. The molecule has 1 saturated heterocycles. The van der Waals surface area contributed by atoms with E-state index in [2.05, 4.69) is 0 Å². The van der Waals surface area contributed by atoms with E-state index >= 15 is 0 Å². The second-order valence-electron chi connectivity index (χ2n) is 5.88. The van der Waals surface area contributed by atoms with Crippen LogP contribution in [0.3, 0.4) is 0 Å². The molecule has 3 atom stereocenters. The van der Waals surface area contributed by atoms with Gasteiger partial charge in [-0.2, -0.15) is 0 Å². The molecule has 6 heteroatoms. The molecule has 0 spiro atoms. The first kappa shape index (κ1) is 16.2. The van der Waals surface area contributed by atoms with Gasteiger partial charge in [-0.25, -0.2) is 8.78 Å². The van der Waals surface area contributed by atoms with Crippen molar-refractivity contribution in [1.82, 2.24) is 4.90 Å². The van der Waals surface area contributed by atoms with Crippen LogP contribution in [0, 0.1) is 23.5 Å². The highest BCUT2D eigenvalue weighted by Gasteiger charge is 2.42. The van der Waals surface area contributed by atoms with Crippen molar-refractivity contribution in [3.63, 3.8) is 0 Å². The van der Waals surface area contributed by atoms with Crippen LogP contribution in [0.2, 0.25) is 0 Å². The molecule has 21 heavy (non-hydrogen) atoms. The zero-order chi connectivity index (χ0) is 14.3. The zero-order valence-corrected chi connectivity index (χ0v) is 12.4. The van der Waals surface area contributed by atoms with E-state index in [4.69, 9.17) is 5.73 Å². The van der Waals surface area contributed by atoms with Crippen LogP contribution in [-0.4, -0.2) is 29.9 Å². The summed E-state index contributed by atoms with van der Waals surface area (Å²) in [4.78, 5) is 14.0. The van der Waals surface area contributed by atoms with Gasteiger partial charge >= 0.3 is 0 Å². The number of likely N-dealkylation sites (tertiary alicyclic amines) is 1. The van der Waals surface area contributed by atoms with E-state index in [9.17, 15) is 13.6 Å². The number of carbonyl (C=O) groups excluding carboxylic acids is 1. The van der Waals surface area contributed by atoms with Crippen molar-refractivity contribution in [2.45, 2.75) is 25.3 Å². The lowest BCUT2D eigenvalue weighted by Gasteiger charge is -2.19. The van der Waals surface area contributed by atoms with Crippen LogP contribution in [0.1, 0.15) is 18.4 Å². The number of carbonyl (C=O) groups is 1. The molecule has 2 N–H and O–H groups in total. The monoisotopic (exact) mass is 316 g/mol. The number of hydrogen-bond donors (Lipinski definition) is 1. The summed E-state index contributed by atoms with van der Waals surface area (Å²) in [7, 11) is 0. The van der Waals surface area contributed by atoms with Gasteiger partial charge in [-0.1, -0.05) is 0 Å². The van der Waals surface area contributed by atoms with E-state index in [0.29, 0.717) is 24.9 Å². The Hall–Kier alpha value is -1.20. The minimum atomic E-state index is -0.532. The summed E-state index contributed by atoms with van der Waals surface area (Å²) in [6.45, 7) is 1.36. The van der Waals surface area contributed by atoms with Crippen LogP contribution in [0.5, 0.6) is 0 Å². The summed E-state index contributed by atoms with van der Waals surface area (Å²) >= 11 is 0. The van der Waals surface area contributed by atoms with Gasteiger partial charge in [-0.15, -0.1) is 12.4 Å². The highest BCUT2D eigenvalue weighted by molar-refractivity contribution is 5.85. The first-order chi connectivity index (χ1) is 9.54. The fraction of sp³-hybridized carbons (Fsp3) is 0.533. The molecule has 3 rings (SSSR count). The third-order valence-corrected chi connectivity index (χ3v) is 4.61. The van der Waals surface area contributed by atoms with E-state index in [1.165, 1.54) is 0 Å². The molecule has 3 nitrogen and oxygen atoms in total. The number of benzene rings is 1. The number of halogens is 3. The molecule has 1 heterocycles. The molecule has 1 aromatic carbocycles. The van der Waals surface area contributed by atoms with Gasteiger partial charge in [0.2, 0.25) is 5.91 Å². The third-order valence-electron chi connectivity index (χ3n) is 4.61. The standard InChI is InChI=1S/C15H18F2N2O.ClH/c16-11-2-3-13(17)10(5-11)6-15(20)19-7-9-1-4-14(18)12(9)8-19;/h2-3,5,9,12,14H,1,4,6-8,18H2;1H. The maximum absolute atomic E-state index is 13.6. The quantitative estimate of drug-likeness (QED) is 0.908. The molecule has 1 saturated carbocycles. The van der Waals surface area contributed by atoms with Gasteiger partial charge in [0.1, 0.15) is 11.6 Å². The van der Waals surface area contributed by atoms with Gasteiger partial charge in [-0.3, -0.25) is 4.79 Å². The van der Waals surface area contributed by atoms with Crippen LogP contribution in [0.4, 0.5) is 8.78 Å². The van der Waals surface area contributed by atoms with Gasteiger partial charge in [0.15, 0.2) is 0 Å². The molecule has 1 aliphatic heterocycles. The first-order valence-electron chi connectivity index (χ1n) is 7.02. The minimum Gasteiger partial charge on any atom is -0.342 e. The van der Waals surface area contributed by atoms with E-state index < -0.39 is 11.6 Å². The number of amides is 1. The summed E-state index contributed by atoms with van der Waals surface area (Å²) in [5, 5.41) is 0. The van der Waals surface area contributed by atoms with Gasteiger partial charge in [0.25, 0.3) is 0 Å². The van der Waals surface area contributed by atoms with Crippen LogP contribution in [-0.2, 0) is 11.2 Å². The van der Waals surface area contributed by atoms with Gasteiger partial charge in [-0.05, 0) is 42.9 Å². The largest absolute Gasteiger partial charge is 0.342 e. The van der Waals surface area contributed by atoms with Gasteiger partial charge in [0.05, 0.1) is 6.42 Å². The van der Waals surface area contributed by atoms with Crippen molar-refractivity contribution in [3.05, 3.63) is 35.4 Å². The molecule has 1 aromatic rings. The Balaban J connectivity index is 0.00000161. The summed E-state index contributed by atoms with van der Waals surface area (Å²) in [5.74, 6) is -0.343. The highest BCUT2D eigenvalue weighted by atomic mass is 35.5. The van der Waals surface area contributed by atoms with E-state index in [1.54, 1.807) is 4.90 Å². The van der Waals surface area contributed by atoms with E-state index in [-0.39, 0.29) is 36.3 Å². The van der Waals surface area contributed by atoms with Crippen molar-refractivity contribution >= 4 is 18.3 Å². The summed E-state index contributed by atoms with van der Waals surface area (Å²) in [6.07, 6.45) is 2.00. The van der Waals surface area contributed by atoms with Crippen molar-refractivity contribution in [1.29, 1.82) is 0 Å². The van der Waals surface area contributed by atoms with E-state index in [0.717, 1.165) is 31.0 Å². The lowest BCUT2D eigenvalue weighted by molar-refractivity contribution is -0.129. The van der Waals surface area contributed by atoms with Gasteiger partial charge < -0.3 is 10.6 Å². The smallest absolute Gasteiger partial charge is 0.227 e. The Bertz CT molecular complexity index is 540. The first-order valence-corrected chi connectivity index (χ1v) is 7.02. The van der Waals surface area contributed by atoms with Crippen LogP contribution in [0.15, 0.2) is 18.2 Å². The molecule has 0 bridgehead atoms. The lowest BCUT2D eigenvalue weighted by Crippen LogP contribution is -2.34. The molecule has 116 valence electrons. The predicted molar refractivity (Wildman–Crippen MR) is 78.1 cm³/mol. The fourth-order valence-electron chi connectivity index (χ4n) is 3.46. The third kappa shape index (κ3) is 3.19. The normalized spacial score (nSPS) is 27.4. The Morgan fingerprint density at radius 1 is 1.29 bits per heavy atom. The SMILES string of the molecule is Cl.NC1CCC2CN(C(=O)Cc3cc(F)ccc3F)CC12. The van der Waals surface area contributed by atoms with Crippen molar-refractivity contribution in [2.75, 3.05) is 13.1 Å². The van der Waals surface area contributed by atoms with Crippen molar-refractivity contribution < 1.29 is 13.6 Å². The topological polar surface area (TPSA) is 46.3 Å². The molecule has 2 fully saturated rings. The van der Waals surface area contributed by atoms with Crippen molar-refractivity contribution in [3.8, 4) is 0 Å². The minimum absolute atomic E-state index is 0. The van der Waals surface area contributed by atoms with Crippen LogP contribution >= 0.6 is 12.4 Å². The maximum atomic E-state index is 13.6. The summed E-state index contributed by atoms with van der Waals surface area (Å²) in [6, 6.07) is 3.38. The molecule has 1 amide bonds. The maximum Gasteiger partial charge on any atom is 0.227 e. The molecular weight excluding hydrogens is 298 g/mol. The molecule has 2 aliphatic rings. The Labute approximate surface area is 128 Å².